The van der Waals surface area contributed by atoms with Gasteiger partial charge in [0.15, 0.2) is 0 Å². The molecule has 2 aromatic rings. The predicted molar refractivity (Wildman–Crippen MR) is 101 cm³/mol. The summed E-state index contributed by atoms with van der Waals surface area (Å²) in [6.07, 6.45) is 0.439. The Hall–Kier alpha value is -1.72. The molecule has 1 amide bonds. The largest absolute Gasteiger partial charge is 0.342 e. The quantitative estimate of drug-likeness (QED) is 0.849. The normalized spacial score (nSPS) is 26.2. The first kappa shape index (κ1) is 16.7. The third-order valence-electron chi connectivity index (χ3n) is 5.75. The van der Waals surface area contributed by atoms with E-state index in [1.807, 2.05) is 12.3 Å². The number of rotatable bonds is 3. The average molecular weight is 356 g/mol. The van der Waals surface area contributed by atoms with Crippen LogP contribution in [0.5, 0.6) is 0 Å². The summed E-state index contributed by atoms with van der Waals surface area (Å²) in [5.41, 5.74) is 3.68. The summed E-state index contributed by atoms with van der Waals surface area (Å²) in [6, 6.07) is 9.10. The van der Waals surface area contributed by atoms with Crippen molar-refractivity contribution in [2.45, 2.75) is 26.3 Å². The maximum absolute atomic E-state index is 12.7. The fraction of sp³-hybridized carbons (Fsp3) is 0.500. The average Bonchev–Trinajstić information content (AvgIpc) is 3.23. The van der Waals surface area contributed by atoms with E-state index < -0.39 is 0 Å². The fourth-order valence-electron chi connectivity index (χ4n) is 4.60. The van der Waals surface area contributed by atoms with Gasteiger partial charge >= 0.3 is 0 Å². The molecule has 0 saturated carbocycles. The number of benzene rings is 1. The summed E-state index contributed by atoms with van der Waals surface area (Å²) in [5.74, 6) is 1.34. The van der Waals surface area contributed by atoms with Crippen molar-refractivity contribution in [2.24, 2.45) is 11.8 Å². The maximum Gasteiger partial charge on any atom is 0.228 e. The smallest absolute Gasteiger partial charge is 0.228 e. The van der Waals surface area contributed by atoms with Gasteiger partial charge in [0.05, 0.1) is 17.1 Å². The SMILES string of the molecule is Cc1nc(CC(=O)N2C[C@@H]3CN(C)[C@H](c4ccccc4C)[C@@H]3C2)cs1. The molecule has 2 aliphatic heterocycles. The second kappa shape index (κ2) is 6.54. The summed E-state index contributed by atoms with van der Waals surface area (Å²) in [7, 11) is 2.22. The monoisotopic (exact) mass is 355 g/mol. The van der Waals surface area contributed by atoms with E-state index in [0.717, 1.165) is 30.3 Å². The third kappa shape index (κ3) is 3.11. The molecule has 0 aliphatic carbocycles. The Balaban J connectivity index is 1.49. The van der Waals surface area contributed by atoms with Crippen LogP contribution >= 0.6 is 11.3 Å². The highest BCUT2D eigenvalue weighted by molar-refractivity contribution is 7.09. The first-order valence-electron chi connectivity index (χ1n) is 8.97. The lowest BCUT2D eigenvalue weighted by Gasteiger charge is -2.28. The van der Waals surface area contributed by atoms with Crippen LogP contribution in [0, 0.1) is 25.7 Å². The van der Waals surface area contributed by atoms with Gasteiger partial charge in [-0.2, -0.15) is 0 Å². The summed E-state index contributed by atoms with van der Waals surface area (Å²) in [5, 5.41) is 3.04. The van der Waals surface area contributed by atoms with E-state index in [2.05, 4.69) is 53.0 Å². The van der Waals surface area contributed by atoms with Crippen LogP contribution in [0.25, 0.3) is 0 Å². The number of fused-ring (bicyclic) bond motifs is 1. The van der Waals surface area contributed by atoms with Crippen molar-refractivity contribution >= 4 is 17.2 Å². The summed E-state index contributed by atoms with van der Waals surface area (Å²) in [6.45, 7) is 7.01. The lowest BCUT2D eigenvalue weighted by atomic mass is 9.88. The van der Waals surface area contributed by atoms with E-state index in [0.29, 0.717) is 24.3 Å². The van der Waals surface area contributed by atoms with Crippen LogP contribution in [-0.4, -0.2) is 47.4 Å². The van der Waals surface area contributed by atoms with Crippen LogP contribution in [0.4, 0.5) is 0 Å². The van der Waals surface area contributed by atoms with Crippen LogP contribution in [-0.2, 0) is 11.2 Å². The Morgan fingerprint density at radius 3 is 2.76 bits per heavy atom. The molecule has 0 radical (unpaired) electrons. The molecule has 0 spiro atoms. The third-order valence-corrected chi connectivity index (χ3v) is 6.58. The van der Waals surface area contributed by atoms with E-state index in [9.17, 15) is 4.79 Å². The van der Waals surface area contributed by atoms with Gasteiger partial charge in [-0.15, -0.1) is 11.3 Å². The number of nitrogens with zero attached hydrogens (tertiary/aromatic N) is 3. The molecule has 0 unspecified atom stereocenters. The lowest BCUT2D eigenvalue weighted by Crippen LogP contribution is -2.34. The van der Waals surface area contributed by atoms with Crippen LogP contribution in [0.15, 0.2) is 29.6 Å². The molecule has 132 valence electrons. The molecule has 0 bridgehead atoms. The zero-order chi connectivity index (χ0) is 17.6. The standard InChI is InChI=1S/C20H25N3OS/c1-13-6-4-5-7-17(13)20-18-11-23(10-15(18)9-22(20)3)19(24)8-16-12-25-14(2)21-16/h4-7,12,15,18,20H,8-11H2,1-3H3/t15-,18+,20+/m0/s1. The van der Waals surface area contributed by atoms with E-state index in [-0.39, 0.29) is 5.91 Å². The van der Waals surface area contributed by atoms with Crippen LogP contribution < -0.4 is 0 Å². The van der Waals surface area contributed by atoms with E-state index in [1.165, 1.54) is 11.1 Å². The molecular formula is C20H25N3OS. The number of hydrogen-bond acceptors (Lipinski definition) is 4. The minimum absolute atomic E-state index is 0.228. The van der Waals surface area contributed by atoms with Gasteiger partial charge in [-0.25, -0.2) is 4.98 Å². The van der Waals surface area contributed by atoms with Crippen molar-refractivity contribution in [3.05, 3.63) is 51.5 Å². The van der Waals surface area contributed by atoms with Gasteiger partial charge in [0, 0.05) is 37.0 Å². The maximum atomic E-state index is 12.7. The number of aromatic nitrogens is 1. The number of amides is 1. The van der Waals surface area contributed by atoms with Gasteiger partial charge in [0.1, 0.15) is 0 Å². The Bertz CT molecular complexity index is 787. The molecule has 4 nitrogen and oxygen atoms in total. The van der Waals surface area contributed by atoms with Gasteiger partial charge in [0.2, 0.25) is 5.91 Å². The molecule has 2 aliphatic rings. The van der Waals surface area contributed by atoms with Crippen molar-refractivity contribution in [1.82, 2.24) is 14.8 Å². The first-order chi connectivity index (χ1) is 12.0. The number of carbonyl (C=O) groups is 1. The van der Waals surface area contributed by atoms with Crippen molar-refractivity contribution in [1.29, 1.82) is 0 Å². The molecular weight excluding hydrogens is 330 g/mol. The van der Waals surface area contributed by atoms with Crippen LogP contribution in [0.1, 0.15) is 27.9 Å². The summed E-state index contributed by atoms with van der Waals surface area (Å²) in [4.78, 5) is 21.7. The molecule has 2 saturated heterocycles. The zero-order valence-corrected chi connectivity index (χ0v) is 15.9. The van der Waals surface area contributed by atoms with E-state index >= 15 is 0 Å². The molecule has 1 aromatic carbocycles. The molecule has 0 N–H and O–H groups in total. The second-order valence-corrected chi connectivity index (χ2v) is 8.56. The number of carbonyl (C=O) groups excluding carboxylic acids is 1. The topological polar surface area (TPSA) is 36.4 Å². The van der Waals surface area contributed by atoms with Gasteiger partial charge in [0.25, 0.3) is 0 Å². The molecule has 4 rings (SSSR count). The zero-order valence-electron chi connectivity index (χ0n) is 15.1. The van der Waals surface area contributed by atoms with Crippen molar-refractivity contribution in [3.8, 4) is 0 Å². The number of thiazole rings is 1. The van der Waals surface area contributed by atoms with Gasteiger partial charge in [-0.3, -0.25) is 9.69 Å². The molecule has 5 heteroatoms. The van der Waals surface area contributed by atoms with Crippen molar-refractivity contribution in [2.75, 3.05) is 26.7 Å². The highest BCUT2D eigenvalue weighted by Crippen LogP contribution is 2.44. The van der Waals surface area contributed by atoms with Crippen LogP contribution in [0.3, 0.4) is 0 Å². The van der Waals surface area contributed by atoms with Gasteiger partial charge < -0.3 is 4.90 Å². The molecule has 3 atom stereocenters. The van der Waals surface area contributed by atoms with Gasteiger partial charge in [-0.1, -0.05) is 24.3 Å². The minimum atomic E-state index is 0.228. The molecule has 1 aromatic heterocycles. The van der Waals surface area contributed by atoms with E-state index in [4.69, 9.17) is 0 Å². The number of hydrogen-bond donors (Lipinski definition) is 0. The predicted octanol–water partition coefficient (Wildman–Crippen LogP) is 3.06. The molecule has 3 heterocycles. The second-order valence-electron chi connectivity index (χ2n) is 7.50. The summed E-state index contributed by atoms with van der Waals surface area (Å²) >= 11 is 1.62. The van der Waals surface area contributed by atoms with Crippen molar-refractivity contribution in [3.63, 3.8) is 0 Å². The van der Waals surface area contributed by atoms with Gasteiger partial charge in [-0.05, 0) is 37.9 Å². The Labute approximate surface area is 153 Å². The molecule has 25 heavy (non-hydrogen) atoms. The first-order valence-corrected chi connectivity index (χ1v) is 9.85. The Kier molecular flexibility index (Phi) is 4.38. The molecule has 2 fully saturated rings. The fourth-order valence-corrected chi connectivity index (χ4v) is 5.22. The Morgan fingerprint density at radius 2 is 2.04 bits per heavy atom. The van der Waals surface area contributed by atoms with Crippen LogP contribution in [0.2, 0.25) is 0 Å². The minimum Gasteiger partial charge on any atom is -0.342 e. The highest BCUT2D eigenvalue weighted by atomic mass is 32.1. The summed E-state index contributed by atoms with van der Waals surface area (Å²) < 4.78 is 0. The van der Waals surface area contributed by atoms with Crippen molar-refractivity contribution < 1.29 is 4.79 Å². The highest BCUT2D eigenvalue weighted by Gasteiger charge is 2.47. The van der Waals surface area contributed by atoms with E-state index in [1.54, 1.807) is 11.3 Å². The number of likely N-dealkylation sites (tertiary alicyclic amines) is 2. The number of aryl methyl sites for hydroxylation is 2. The Morgan fingerprint density at radius 1 is 1.24 bits per heavy atom. The lowest BCUT2D eigenvalue weighted by molar-refractivity contribution is -0.129.